The summed E-state index contributed by atoms with van der Waals surface area (Å²) in [6.45, 7) is 4.51. The number of hydrogen-bond acceptors (Lipinski definition) is 7. The zero-order valence-corrected chi connectivity index (χ0v) is 21.9. The lowest BCUT2D eigenvalue weighted by Crippen LogP contribution is -2.36. The average Bonchev–Trinajstić information content (AvgIpc) is 2.88. The molecule has 3 aromatic carbocycles. The van der Waals surface area contributed by atoms with Crippen LogP contribution < -0.4 is 10.4 Å². The third kappa shape index (κ3) is 7.68. The number of anilines is 1. The molecule has 3 rings (SSSR count). The number of nitrogens with one attached hydrogen (secondary N) is 1. The molecule has 1 atom stereocenters. The van der Waals surface area contributed by atoms with Gasteiger partial charge in [-0.05, 0) is 61.0 Å². The highest BCUT2D eigenvalue weighted by atomic mass is 32.2. The second-order valence-corrected chi connectivity index (χ2v) is 11.1. The van der Waals surface area contributed by atoms with Gasteiger partial charge in [-0.1, -0.05) is 49.0 Å². The molecule has 9 heteroatoms. The molecule has 0 heterocycles. The second kappa shape index (κ2) is 13.2. The van der Waals surface area contributed by atoms with Crippen LogP contribution in [0.4, 0.5) is 5.69 Å². The molecule has 0 bridgehead atoms. The number of hydrazine groups is 1. The largest absolute Gasteiger partial charge is 0.466 e. The van der Waals surface area contributed by atoms with Gasteiger partial charge in [-0.15, -0.1) is 0 Å². The van der Waals surface area contributed by atoms with Gasteiger partial charge in [-0.3, -0.25) is 9.59 Å². The number of amides is 1. The van der Waals surface area contributed by atoms with Crippen LogP contribution in [0.3, 0.4) is 0 Å². The molecule has 36 heavy (non-hydrogen) atoms. The summed E-state index contributed by atoms with van der Waals surface area (Å²) in [5.74, 6) is -1.11. The lowest BCUT2D eigenvalue weighted by atomic mass is 9.98. The molecule has 1 N–H and O–H groups in total. The Kier molecular flexibility index (Phi) is 10.1. The van der Waals surface area contributed by atoms with Crippen molar-refractivity contribution in [1.82, 2.24) is 5.43 Å². The van der Waals surface area contributed by atoms with Crippen molar-refractivity contribution in [1.29, 1.82) is 0 Å². The molecule has 7 nitrogen and oxygen atoms in total. The first-order chi connectivity index (χ1) is 17.4. The number of carbonyl (C=O) groups is 2. The summed E-state index contributed by atoms with van der Waals surface area (Å²) >= 11 is 1.49. The summed E-state index contributed by atoms with van der Waals surface area (Å²) in [5, 5.41) is 1.42. The van der Waals surface area contributed by atoms with E-state index in [2.05, 4.69) is 5.43 Å². The van der Waals surface area contributed by atoms with Gasteiger partial charge in [-0.2, -0.15) is 0 Å². The Morgan fingerprint density at radius 1 is 0.972 bits per heavy atom. The van der Waals surface area contributed by atoms with E-state index in [9.17, 15) is 18.0 Å². The van der Waals surface area contributed by atoms with Crippen molar-refractivity contribution in [2.45, 2.75) is 40.9 Å². The molecule has 1 unspecified atom stereocenters. The van der Waals surface area contributed by atoms with Gasteiger partial charge in [0.25, 0.3) is 0 Å². The molecule has 0 spiro atoms. The van der Waals surface area contributed by atoms with Gasteiger partial charge in [0.1, 0.15) is 0 Å². The number of nitrogens with zero attached hydrogens (tertiary/aromatic N) is 1. The highest BCUT2D eigenvalue weighted by molar-refractivity contribution is 7.99. The van der Waals surface area contributed by atoms with Crippen LogP contribution in [0.1, 0.15) is 31.7 Å². The summed E-state index contributed by atoms with van der Waals surface area (Å²) in [4.78, 5) is 25.4. The van der Waals surface area contributed by atoms with E-state index in [-0.39, 0.29) is 23.7 Å². The number of hydrogen-bond donors (Lipinski definition) is 1. The van der Waals surface area contributed by atoms with Gasteiger partial charge in [0.15, 0.2) is 9.84 Å². The molecule has 0 aliphatic heterocycles. The van der Waals surface area contributed by atoms with Gasteiger partial charge in [0.2, 0.25) is 6.41 Å². The van der Waals surface area contributed by atoms with Crippen LogP contribution in [0.15, 0.2) is 93.5 Å². The van der Waals surface area contributed by atoms with Crippen LogP contribution in [0.25, 0.3) is 0 Å². The second-order valence-electron chi connectivity index (χ2n) is 7.95. The third-order valence-corrected chi connectivity index (χ3v) is 8.22. The topological polar surface area (TPSA) is 92.8 Å². The molecule has 0 saturated heterocycles. The summed E-state index contributed by atoms with van der Waals surface area (Å²) in [5.41, 5.74) is 4.47. The van der Waals surface area contributed by atoms with Crippen molar-refractivity contribution in [3.8, 4) is 0 Å². The first-order valence-electron chi connectivity index (χ1n) is 11.7. The van der Waals surface area contributed by atoms with E-state index in [1.807, 2.05) is 61.5 Å². The Bertz CT molecular complexity index is 1230. The lowest BCUT2D eigenvalue weighted by Gasteiger charge is -2.17. The van der Waals surface area contributed by atoms with Crippen molar-refractivity contribution < 1.29 is 22.7 Å². The van der Waals surface area contributed by atoms with E-state index in [1.165, 1.54) is 16.8 Å². The smallest absolute Gasteiger partial charge is 0.306 e. The van der Waals surface area contributed by atoms with E-state index in [0.717, 1.165) is 27.5 Å². The average molecular weight is 527 g/mol. The quantitative estimate of drug-likeness (QED) is 0.194. The number of rotatable bonds is 13. The van der Waals surface area contributed by atoms with Gasteiger partial charge < -0.3 is 4.74 Å². The summed E-state index contributed by atoms with van der Waals surface area (Å²) < 4.78 is 31.5. The first-order valence-corrected chi connectivity index (χ1v) is 14.1. The van der Waals surface area contributed by atoms with E-state index in [4.69, 9.17) is 4.74 Å². The van der Waals surface area contributed by atoms with Crippen LogP contribution >= 0.6 is 11.8 Å². The molecular weight excluding hydrogens is 496 g/mol. The number of esters is 1. The number of ether oxygens (including phenoxy) is 1. The molecular formula is C27H30N2O5S2. The van der Waals surface area contributed by atoms with Crippen LogP contribution in [0.2, 0.25) is 0 Å². The zero-order chi connectivity index (χ0) is 26.0. The van der Waals surface area contributed by atoms with Gasteiger partial charge >= 0.3 is 5.97 Å². The Labute approximate surface area is 216 Å². The Balaban J connectivity index is 1.71. The van der Waals surface area contributed by atoms with Crippen molar-refractivity contribution in [3.63, 3.8) is 0 Å². The van der Waals surface area contributed by atoms with Crippen molar-refractivity contribution >= 4 is 39.7 Å². The highest BCUT2D eigenvalue weighted by Gasteiger charge is 2.25. The van der Waals surface area contributed by atoms with Crippen LogP contribution in [0, 0.1) is 0 Å². The minimum Gasteiger partial charge on any atom is -0.466 e. The Morgan fingerprint density at radius 2 is 1.58 bits per heavy atom. The van der Waals surface area contributed by atoms with Gasteiger partial charge in [0.05, 0.1) is 29.4 Å². The lowest BCUT2D eigenvalue weighted by molar-refractivity contribution is -0.143. The van der Waals surface area contributed by atoms with E-state index >= 15 is 0 Å². The molecule has 0 fully saturated rings. The summed E-state index contributed by atoms with van der Waals surface area (Å²) in [6.07, 6.45) is 0.718. The standard InChI is InChI=1S/C27H30N2O5S2/c1-3-28-29(20-30)23-10-12-24(13-11-23)35-25-14-16-26(17-15-25)36(32,33)19-22(18-27(31)34-4-2)21-8-6-5-7-9-21/h5-17,20,22,28H,3-4,18-19H2,1-2H3. The minimum atomic E-state index is -3.64. The Hall–Kier alpha value is -3.14. The molecule has 0 aliphatic rings. The molecule has 3 aromatic rings. The zero-order valence-electron chi connectivity index (χ0n) is 20.3. The monoisotopic (exact) mass is 526 g/mol. The van der Waals surface area contributed by atoms with Crippen LogP contribution in [0.5, 0.6) is 0 Å². The van der Waals surface area contributed by atoms with Crippen molar-refractivity contribution in [2.75, 3.05) is 23.9 Å². The number of benzene rings is 3. The molecule has 190 valence electrons. The summed E-state index contributed by atoms with van der Waals surface area (Å²) in [7, 11) is -3.64. The Morgan fingerprint density at radius 3 is 2.14 bits per heavy atom. The fraction of sp³-hybridized carbons (Fsp3) is 0.259. The maximum Gasteiger partial charge on any atom is 0.306 e. The highest BCUT2D eigenvalue weighted by Crippen LogP contribution is 2.31. The van der Waals surface area contributed by atoms with Gasteiger partial charge in [0, 0.05) is 22.3 Å². The SMILES string of the molecule is CCNN(C=O)c1ccc(Sc2ccc(S(=O)(=O)CC(CC(=O)OCC)c3ccccc3)cc2)cc1. The molecule has 1 amide bonds. The van der Waals surface area contributed by atoms with Gasteiger partial charge in [-0.25, -0.2) is 18.9 Å². The van der Waals surface area contributed by atoms with E-state index in [0.29, 0.717) is 6.54 Å². The number of carbonyl (C=O) groups excluding carboxylic acids is 2. The van der Waals surface area contributed by atoms with Crippen LogP contribution in [-0.4, -0.2) is 39.7 Å². The fourth-order valence-electron chi connectivity index (χ4n) is 3.67. The number of sulfone groups is 1. The fourth-order valence-corrected chi connectivity index (χ4v) is 6.07. The molecule has 0 aromatic heterocycles. The third-order valence-electron chi connectivity index (χ3n) is 5.38. The first kappa shape index (κ1) is 27.4. The van der Waals surface area contributed by atoms with Crippen molar-refractivity contribution in [3.05, 3.63) is 84.4 Å². The minimum absolute atomic E-state index is 0.00365. The summed E-state index contributed by atoms with van der Waals surface area (Å²) in [6, 6.07) is 23.4. The maximum absolute atomic E-state index is 13.2. The van der Waals surface area contributed by atoms with Crippen molar-refractivity contribution in [2.24, 2.45) is 0 Å². The predicted molar refractivity (Wildman–Crippen MR) is 142 cm³/mol. The predicted octanol–water partition coefficient (Wildman–Crippen LogP) is 4.84. The maximum atomic E-state index is 13.2. The molecule has 0 saturated carbocycles. The van der Waals surface area contributed by atoms with Crippen LogP contribution in [-0.2, 0) is 24.2 Å². The molecule has 0 radical (unpaired) electrons. The van der Waals surface area contributed by atoms with E-state index in [1.54, 1.807) is 31.2 Å². The molecule has 0 aliphatic carbocycles. The van der Waals surface area contributed by atoms with E-state index < -0.39 is 21.7 Å². The normalized spacial score (nSPS) is 12.1.